The highest BCUT2D eigenvalue weighted by Gasteiger charge is 2.38. The molecule has 74 valence electrons. The van der Waals surface area contributed by atoms with Gasteiger partial charge in [-0.3, -0.25) is 9.80 Å². The molecular formula is C9H17N3O. The van der Waals surface area contributed by atoms with Gasteiger partial charge in [0, 0.05) is 25.6 Å². The fourth-order valence-corrected chi connectivity index (χ4v) is 1.85. The van der Waals surface area contributed by atoms with Gasteiger partial charge in [0.05, 0.1) is 0 Å². The van der Waals surface area contributed by atoms with Crippen molar-refractivity contribution in [1.82, 2.24) is 10.0 Å². The Morgan fingerprint density at radius 1 is 1.46 bits per heavy atom. The molecule has 0 bridgehead atoms. The summed E-state index contributed by atoms with van der Waals surface area (Å²) in [7, 11) is 0. The summed E-state index contributed by atoms with van der Waals surface area (Å²) in [5.41, 5.74) is 5.43. The largest absolute Gasteiger partial charge is 0.330 e. The number of carbonyl (C=O) groups excluding carboxylic acids is 1. The van der Waals surface area contributed by atoms with E-state index in [4.69, 9.17) is 5.73 Å². The third-order valence-corrected chi connectivity index (χ3v) is 2.70. The molecule has 4 nitrogen and oxygen atoms in total. The summed E-state index contributed by atoms with van der Waals surface area (Å²) < 4.78 is 0. The fourth-order valence-electron chi connectivity index (χ4n) is 1.85. The van der Waals surface area contributed by atoms with Gasteiger partial charge in [-0.1, -0.05) is 0 Å². The standard InChI is InChI=1S/C9H17N3O/c10-5-1-6-12-9(13)4-7-11(12)8-2-3-8/h8H,1-7,10H2. The molecule has 2 fully saturated rings. The maximum Gasteiger partial charge on any atom is 0.238 e. The molecule has 0 aromatic rings. The number of rotatable bonds is 4. The molecule has 0 radical (unpaired) electrons. The number of carbonyl (C=O) groups is 1. The number of nitrogens with two attached hydrogens (primary N) is 1. The minimum Gasteiger partial charge on any atom is -0.330 e. The van der Waals surface area contributed by atoms with Crippen molar-refractivity contribution < 1.29 is 4.79 Å². The Morgan fingerprint density at radius 3 is 2.85 bits per heavy atom. The van der Waals surface area contributed by atoms with Crippen molar-refractivity contribution in [3.05, 3.63) is 0 Å². The molecule has 2 rings (SSSR count). The average Bonchev–Trinajstić information content (AvgIpc) is 2.89. The van der Waals surface area contributed by atoms with Crippen LogP contribution in [0.3, 0.4) is 0 Å². The van der Waals surface area contributed by atoms with Crippen molar-refractivity contribution in [2.45, 2.75) is 31.7 Å². The summed E-state index contributed by atoms with van der Waals surface area (Å²) in [6.45, 7) is 2.40. The Hall–Kier alpha value is -0.610. The molecule has 0 unspecified atom stereocenters. The maximum atomic E-state index is 11.5. The van der Waals surface area contributed by atoms with Crippen LogP contribution in [0.5, 0.6) is 0 Å². The third-order valence-electron chi connectivity index (χ3n) is 2.70. The third kappa shape index (κ3) is 1.84. The summed E-state index contributed by atoms with van der Waals surface area (Å²) >= 11 is 0. The Bertz CT molecular complexity index is 203. The van der Waals surface area contributed by atoms with Gasteiger partial charge < -0.3 is 5.73 Å². The monoisotopic (exact) mass is 183 g/mol. The van der Waals surface area contributed by atoms with Gasteiger partial charge in [0.15, 0.2) is 0 Å². The van der Waals surface area contributed by atoms with Crippen molar-refractivity contribution in [3.8, 4) is 0 Å². The van der Waals surface area contributed by atoms with E-state index in [9.17, 15) is 4.79 Å². The molecule has 1 heterocycles. The first-order chi connectivity index (χ1) is 6.33. The van der Waals surface area contributed by atoms with Crippen molar-refractivity contribution >= 4 is 5.91 Å². The van der Waals surface area contributed by atoms with E-state index in [1.165, 1.54) is 12.8 Å². The van der Waals surface area contributed by atoms with Crippen LogP contribution in [0.25, 0.3) is 0 Å². The lowest BCUT2D eigenvalue weighted by Gasteiger charge is -2.27. The average molecular weight is 183 g/mol. The molecule has 0 atom stereocenters. The number of amides is 1. The first-order valence-electron chi connectivity index (χ1n) is 5.10. The lowest BCUT2D eigenvalue weighted by Crippen LogP contribution is -2.41. The van der Waals surface area contributed by atoms with Gasteiger partial charge in [-0.25, -0.2) is 5.01 Å². The SMILES string of the molecule is NCCCN1C(=O)CCN1C1CC1. The van der Waals surface area contributed by atoms with Crippen LogP contribution in [-0.2, 0) is 4.79 Å². The van der Waals surface area contributed by atoms with Crippen molar-refractivity contribution in [2.24, 2.45) is 5.73 Å². The summed E-state index contributed by atoms with van der Waals surface area (Å²) in [4.78, 5) is 11.5. The molecule has 0 spiro atoms. The van der Waals surface area contributed by atoms with Gasteiger partial charge in [-0.05, 0) is 25.8 Å². The molecule has 2 N–H and O–H groups in total. The van der Waals surface area contributed by atoms with E-state index >= 15 is 0 Å². The van der Waals surface area contributed by atoms with E-state index in [1.807, 2.05) is 5.01 Å². The van der Waals surface area contributed by atoms with E-state index in [2.05, 4.69) is 5.01 Å². The van der Waals surface area contributed by atoms with Crippen LogP contribution < -0.4 is 5.73 Å². The molecule has 0 aromatic carbocycles. The highest BCUT2D eigenvalue weighted by Crippen LogP contribution is 2.31. The predicted molar refractivity (Wildman–Crippen MR) is 49.7 cm³/mol. The quantitative estimate of drug-likeness (QED) is 0.664. The van der Waals surface area contributed by atoms with Crippen molar-refractivity contribution in [2.75, 3.05) is 19.6 Å². The molecule has 1 saturated heterocycles. The molecule has 1 amide bonds. The van der Waals surface area contributed by atoms with Gasteiger partial charge >= 0.3 is 0 Å². The van der Waals surface area contributed by atoms with Gasteiger partial charge in [0.2, 0.25) is 5.91 Å². The molecule has 0 aromatic heterocycles. The molecule has 13 heavy (non-hydrogen) atoms. The Balaban J connectivity index is 1.90. The van der Waals surface area contributed by atoms with E-state index in [1.54, 1.807) is 0 Å². The Labute approximate surface area is 78.6 Å². The lowest BCUT2D eigenvalue weighted by molar-refractivity contribution is -0.138. The first-order valence-corrected chi connectivity index (χ1v) is 5.10. The summed E-state index contributed by atoms with van der Waals surface area (Å²) in [6, 6.07) is 0.657. The van der Waals surface area contributed by atoms with Gasteiger partial charge in [-0.15, -0.1) is 0 Å². The number of hydrazine groups is 1. The van der Waals surface area contributed by atoms with Gasteiger partial charge in [0.25, 0.3) is 0 Å². The van der Waals surface area contributed by atoms with Crippen LogP contribution in [0.4, 0.5) is 0 Å². The van der Waals surface area contributed by atoms with Crippen LogP contribution in [0, 0.1) is 0 Å². The number of hydrogen-bond acceptors (Lipinski definition) is 3. The van der Waals surface area contributed by atoms with Crippen molar-refractivity contribution in [1.29, 1.82) is 0 Å². The Morgan fingerprint density at radius 2 is 2.23 bits per heavy atom. The molecule has 1 aliphatic carbocycles. The predicted octanol–water partition coefficient (Wildman–Crippen LogP) is -0.0531. The highest BCUT2D eigenvalue weighted by atomic mass is 16.2. The second-order valence-corrected chi connectivity index (χ2v) is 3.80. The molecule has 1 aliphatic heterocycles. The smallest absolute Gasteiger partial charge is 0.238 e. The lowest BCUT2D eigenvalue weighted by atomic mass is 10.4. The van der Waals surface area contributed by atoms with Gasteiger partial charge in [0.1, 0.15) is 0 Å². The van der Waals surface area contributed by atoms with Gasteiger partial charge in [-0.2, -0.15) is 0 Å². The minimum atomic E-state index is 0.278. The second-order valence-electron chi connectivity index (χ2n) is 3.80. The molecular weight excluding hydrogens is 166 g/mol. The summed E-state index contributed by atoms with van der Waals surface area (Å²) in [6.07, 6.45) is 4.12. The summed E-state index contributed by atoms with van der Waals surface area (Å²) in [5, 5.41) is 4.14. The highest BCUT2D eigenvalue weighted by molar-refractivity contribution is 5.77. The van der Waals surface area contributed by atoms with Crippen LogP contribution in [0.1, 0.15) is 25.7 Å². The number of hydrogen-bond donors (Lipinski definition) is 1. The fraction of sp³-hybridized carbons (Fsp3) is 0.889. The zero-order valence-corrected chi connectivity index (χ0v) is 7.91. The van der Waals surface area contributed by atoms with Crippen LogP contribution in [0.15, 0.2) is 0 Å². The first kappa shape index (κ1) is 8.97. The van der Waals surface area contributed by atoms with Crippen LogP contribution in [0.2, 0.25) is 0 Å². The van der Waals surface area contributed by atoms with E-state index in [0.29, 0.717) is 19.0 Å². The minimum absolute atomic E-state index is 0.278. The number of nitrogens with zero attached hydrogens (tertiary/aromatic N) is 2. The molecule has 1 saturated carbocycles. The Kier molecular flexibility index (Phi) is 2.51. The van der Waals surface area contributed by atoms with Crippen LogP contribution in [-0.4, -0.2) is 41.6 Å². The second kappa shape index (κ2) is 3.64. The van der Waals surface area contributed by atoms with Crippen LogP contribution >= 0.6 is 0 Å². The van der Waals surface area contributed by atoms with E-state index in [-0.39, 0.29) is 5.91 Å². The van der Waals surface area contributed by atoms with Crippen molar-refractivity contribution in [3.63, 3.8) is 0 Å². The zero-order chi connectivity index (χ0) is 9.26. The van der Waals surface area contributed by atoms with E-state index in [0.717, 1.165) is 19.5 Å². The molecule has 4 heteroatoms. The summed E-state index contributed by atoms with van der Waals surface area (Å²) in [5.74, 6) is 0.278. The normalized spacial score (nSPS) is 24.4. The maximum absolute atomic E-state index is 11.5. The topological polar surface area (TPSA) is 49.6 Å². The van der Waals surface area contributed by atoms with E-state index < -0.39 is 0 Å². The molecule has 2 aliphatic rings. The zero-order valence-electron chi connectivity index (χ0n) is 7.91.